The third-order valence-electron chi connectivity index (χ3n) is 11.3. The van der Waals surface area contributed by atoms with Crippen molar-refractivity contribution >= 4 is 11.9 Å². The molecule has 8 bridgehead atoms. The Morgan fingerprint density at radius 2 is 1.08 bits per heavy atom. The maximum Gasteiger partial charge on any atom is 0.314 e. The van der Waals surface area contributed by atoms with Crippen molar-refractivity contribution in [1.29, 1.82) is 0 Å². The van der Waals surface area contributed by atoms with Crippen molar-refractivity contribution in [2.45, 2.75) is 37.9 Å². The van der Waals surface area contributed by atoms with Crippen LogP contribution in [-0.2, 0) is 19.1 Å². The fourth-order valence-corrected chi connectivity index (χ4v) is 12.0. The van der Waals surface area contributed by atoms with Crippen molar-refractivity contribution in [3.8, 4) is 0 Å². The van der Waals surface area contributed by atoms with Crippen LogP contribution in [-0.4, -0.2) is 24.1 Å². The van der Waals surface area contributed by atoms with E-state index in [0.717, 1.165) is 12.8 Å². The summed E-state index contributed by atoms with van der Waals surface area (Å²) in [4.78, 5) is 27.0. The number of hydrogen-bond donors (Lipinski definition) is 0. The van der Waals surface area contributed by atoms with Gasteiger partial charge >= 0.3 is 11.9 Å². The highest BCUT2D eigenvalue weighted by atomic mass is 16.6. The molecule has 0 amide bonds. The summed E-state index contributed by atoms with van der Waals surface area (Å²) in [5.41, 5.74) is -0.902. The summed E-state index contributed by atoms with van der Waals surface area (Å²) < 4.78 is 12.2. The summed E-state index contributed by atoms with van der Waals surface area (Å²) in [6.45, 7) is 0. The second kappa shape index (κ2) is 2.77. The van der Waals surface area contributed by atoms with Gasteiger partial charge in [-0.15, -0.1) is 0 Å². The molecule has 10 aliphatic rings. The van der Waals surface area contributed by atoms with Crippen molar-refractivity contribution in [1.82, 2.24) is 0 Å². The molecule has 4 heteroatoms. The van der Waals surface area contributed by atoms with Crippen LogP contribution in [0.2, 0.25) is 0 Å². The Morgan fingerprint density at radius 1 is 0.625 bits per heavy atom. The molecule has 124 valence electrons. The minimum atomic E-state index is -0.451. The Balaban J connectivity index is 1.45. The summed E-state index contributed by atoms with van der Waals surface area (Å²) in [7, 11) is 0. The van der Waals surface area contributed by atoms with Gasteiger partial charge in [0.05, 0.1) is 10.8 Å². The van der Waals surface area contributed by atoms with Gasteiger partial charge in [-0.25, -0.2) is 0 Å². The van der Waals surface area contributed by atoms with E-state index in [0.29, 0.717) is 59.2 Å². The number of carbonyl (C=O) groups is 2. The third kappa shape index (κ3) is 0.641. The Labute approximate surface area is 139 Å². The molecule has 4 nitrogen and oxygen atoms in total. The van der Waals surface area contributed by atoms with Crippen molar-refractivity contribution in [2.24, 2.45) is 70.0 Å². The molecule has 0 aromatic carbocycles. The van der Waals surface area contributed by atoms with Gasteiger partial charge < -0.3 is 9.47 Å². The standard InChI is InChI=1S/C20H20O4/c21-17-19-13-5-1-3-7-9(5)15-11(13)12-14(20(15,19)18(22)23-7)6-2-4-8(24-17)10(6)16(12)19/h5-16H,1-4H2/t5-,6+,7+,8-,9-,10-,11-,12+,13-,14+,15-,16+,19-,20-/m1/s1. The molecule has 8 saturated carbocycles. The highest BCUT2D eigenvalue weighted by Crippen LogP contribution is 2.99. The number of ether oxygens (including phenoxy) is 2. The molecule has 14 atom stereocenters. The van der Waals surface area contributed by atoms with Gasteiger partial charge in [-0.05, 0) is 73.0 Å². The van der Waals surface area contributed by atoms with E-state index >= 15 is 0 Å². The molecule has 2 saturated heterocycles. The number of carbonyl (C=O) groups excluding carboxylic acids is 2. The van der Waals surface area contributed by atoms with Crippen LogP contribution in [0.15, 0.2) is 0 Å². The van der Waals surface area contributed by atoms with Gasteiger partial charge in [0.1, 0.15) is 12.2 Å². The molecule has 2 heterocycles. The van der Waals surface area contributed by atoms with Gasteiger partial charge in [0, 0.05) is 11.8 Å². The third-order valence-corrected chi connectivity index (χ3v) is 11.3. The number of esters is 2. The second-order valence-corrected chi connectivity index (χ2v) is 10.5. The van der Waals surface area contributed by atoms with Crippen LogP contribution in [0.4, 0.5) is 0 Å². The van der Waals surface area contributed by atoms with Crippen molar-refractivity contribution in [2.75, 3.05) is 0 Å². The van der Waals surface area contributed by atoms with Crippen LogP contribution in [0.3, 0.4) is 0 Å². The molecule has 10 rings (SSSR count). The van der Waals surface area contributed by atoms with Crippen molar-refractivity contribution in [3.63, 3.8) is 0 Å². The molecule has 0 radical (unpaired) electrons. The highest BCUT2D eigenvalue weighted by Gasteiger charge is 3.03. The average Bonchev–Trinajstić information content (AvgIpc) is 3.34. The topological polar surface area (TPSA) is 52.6 Å². The fraction of sp³-hybridized carbons (Fsp3) is 0.900. The Hall–Kier alpha value is -1.06. The molecule has 0 N–H and O–H groups in total. The maximum absolute atomic E-state index is 13.5. The lowest BCUT2D eigenvalue weighted by atomic mass is 9.42. The first-order valence-electron chi connectivity index (χ1n) is 10.2. The van der Waals surface area contributed by atoms with Gasteiger partial charge in [-0.2, -0.15) is 0 Å². The molecule has 0 aromatic rings. The SMILES string of the molecule is O=C1O[C@@H]2CC[C@H]3[C@H]2[C@H]2[C@H]4[C@H]5[C@H]6[C@@H]7[C@H]8CC[C@@H]7OC(=O)[C@]6([C@@H]34)[C@@]12[C@H]85. The lowest BCUT2D eigenvalue weighted by molar-refractivity contribution is -0.250. The molecule has 0 unspecified atom stereocenters. The largest absolute Gasteiger partial charge is 0.462 e. The van der Waals surface area contributed by atoms with E-state index in [4.69, 9.17) is 9.47 Å². The molecule has 2 aliphatic heterocycles. The lowest BCUT2D eigenvalue weighted by Gasteiger charge is -2.62. The Kier molecular flexibility index (Phi) is 1.33. The minimum Gasteiger partial charge on any atom is -0.462 e. The van der Waals surface area contributed by atoms with E-state index in [2.05, 4.69) is 0 Å². The van der Waals surface area contributed by atoms with Crippen LogP contribution in [0.5, 0.6) is 0 Å². The smallest absolute Gasteiger partial charge is 0.314 e. The van der Waals surface area contributed by atoms with Crippen LogP contribution in [0.1, 0.15) is 25.7 Å². The summed E-state index contributed by atoms with van der Waals surface area (Å²) in [5, 5.41) is 0. The summed E-state index contributed by atoms with van der Waals surface area (Å²) >= 11 is 0. The van der Waals surface area contributed by atoms with E-state index in [1.54, 1.807) is 0 Å². The van der Waals surface area contributed by atoms with E-state index in [1.807, 2.05) is 0 Å². The first-order valence-corrected chi connectivity index (χ1v) is 10.2. The molecule has 10 fully saturated rings. The zero-order valence-electron chi connectivity index (χ0n) is 13.4. The summed E-state index contributed by atoms with van der Waals surface area (Å²) in [6, 6.07) is 0. The van der Waals surface area contributed by atoms with Crippen LogP contribution in [0, 0.1) is 70.0 Å². The minimum absolute atomic E-state index is 0.0392. The summed E-state index contributed by atoms with van der Waals surface area (Å²) in [5.74, 6) is 5.71. The first kappa shape index (κ1) is 11.5. The molecular weight excluding hydrogens is 304 g/mol. The normalized spacial score (nSPS) is 78.5. The Morgan fingerprint density at radius 3 is 1.54 bits per heavy atom. The van der Waals surface area contributed by atoms with E-state index < -0.39 is 10.8 Å². The predicted octanol–water partition coefficient (Wildman–Crippen LogP) is 1.63. The van der Waals surface area contributed by atoms with Gasteiger partial charge in [0.2, 0.25) is 0 Å². The number of hydrogen-bond acceptors (Lipinski definition) is 4. The second-order valence-electron chi connectivity index (χ2n) is 10.5. The van der Waals surface area contributed by atoms with Gasteiger partial charge in [0.15, 0.2) is 0 Å². The van der Waals surface area contributed by atoms with Gasteiger partial charge in [0.25, 0.3) is 0 Å². The van der Waals surface area contributed by atoms with Crippen molar-refractivity contribution < 1.29 is 19.1 Å². The maximum atomic E-state index is 13.5. The Bertz CT molecular complexity index is 723. The quantitative estimate of drug-likeness (QED) is 0.636. The van der Waals surface area contributed by atoms with E-state index in [1.165, 1.54) is 12.8 Å². The number of rotatable bonds is 0. The van der Waals surface area contributed by atoms with Crippen LogP contribution >= 0.6 is 0 Å². The monoisotopic (exact) mass is 324 g/mol. The first-order chi connectivity index (χ1) is 11.7. The molecular formula is C20H20O4. The van der Waals surface area contributed by atoms with Crippen LogP contribution < -0.4 is 0 Å². The summed E-state index contributed by atoms with van der Waals surface area (Å²) in [6.07, 6.45) is 4.77. The average molecular weight is 324 g/mol. The van der Waals surface area contributed by atoms with Crippen LogP contribution in [0.25, 0.3) is 0 Å². The zero-order chi connectivity index (χ0) is 15.3. The predicted molar refractivity (Wildman–Crippen MR) is 78.0 cm³/mol. The fourth-order valence-electron chi connectivity index (χ4n) is 12.0. The molecule has 2 spiro atoms. The van der Waals surface area contributed by atoms with Crippen molar-refractivity contribution in [3.05, 3.63) is 0 Å². The highest BCUT2D eigenvalue weighted by molar-refractivity contribution is 5.96. The molecule has 24 heavy (non-hydrogen) atoms. The van der Waals surface area contributed by atoms with Gasteiger partial charge in [-0.1, -0.05) is 0 Å². The molecule has 0 aromatic heterocycles. The zero-order valence-corrected chi connectivity index (χ0v) is 13.4. The van der Waals surface area contributed by atoms with Gasteiger partial charge in [-0.3, -0.25) is 9.59 Å². The molecule has 8 aliphatic carbocycles. The lowest BCUT2D eigenvalue weighted by Crippen LogP contribution is -2.71. The van der Waals surface area contributed by atoms with E-state index in [9.17, 15) is 9.59 Å². The van der Waals surface area contributed by atoms with E-state index in [-0.39, 0.29) is 24.1 Å².